The van der Waals surface area contributed by atoms with E-state index in [1.54, 1.807) is 18.2 Å². The minimum atomic E-state index is -0.784. The van der Waals surface area contributed by atoms with Crippen molar-refractivity contribution in [2.75, 3.05) is 19.8 Å². The predicted molar refractivity (Wildman–Crippen MR) is 100 cm³/mol. The van der Waals surface area contributed by atoms with Crippen LogP contribution >= 0.6 is 0 Å². The molecule has 0 amide bonds. The van der Waals surface area contributed by atoms with Crippen molar-refractivity contribution in [1.29, 1.82) is 0 Å². The molecular formula is C21H26O5. The lowest BCUT2D eigenvalue weighted by atomic mass is 9.78. The van der Waals surface area contributed by atoms with Crippen LogP contribution in [0.15, 0.2) is 61.2 Å². The molecule has 0 bridgehead atoms. The standard InChI is InChI=1S/C21H26O5/c1-4-13-25-26-15-19(23)14-24-20-11-7-17(8-12-20)21(2,3)16-5-9-18(22)10-6-16/h4-12,19,22-23H,1,13-15H2,2-3H3. The van der Waals surface area contributed by atoms with Gasteiger partial charge in [-0.15, -0.1) is 6.58 Å². The zero-order chi connectivity index (χ0) is 19.0. The molecule has 0 heterocycles. The van der Waals surface area contributed by atoms with Gasteiger partial charge in [-0.1, -0.05) is 44.2 Å². The van der Waals surface area contributed by atoms with Crippen molar-refractivity contribution >= 4 is 0 Å². The molecule has 0 spiro atoms. The molecule has 0 fully saturated rings. The Morgan fingerprint density at radius 3 is 2.12 bits per heavy atom. The Morgan fingerprint density at radius 2 is 1.54 bits per heavy atom. The number of rotatable bonds is 10. The largest absolute Gasteiger partial charge is 0.508 e. The summed E-state index contributed by atoms with van der Waals surface area (Å²) in [5, 5.41) is 19.2. The van der Waals surface area contributed by atoms with Crippen LogP contribution in [0.5, 0.6) is 11.5 Å². The van der Waals surface area contributed by atoms with Gasteiger partial charge in [0, 0.05) is 5.41 Å². The van der Waals surface area contributed by atoms with Crippen LogP contribution in [-0.4, -0.2) is 36.1 Å². The maximum absolute atomic E-state index is 9.79. The Hall–Kier alpha value is -2.34. The van der Waals surface area contributed by atoms with Gasteiger partial charge in [0.25, 0.3) is 0 Å². The van der Waals surface area contributed by atoms with E-state index in [1.165, 1.54) is 0 Å². The Kier molecular flexibility index (Phi) is 7.21. The van der Waals surface area contributed by atoms with E-state index in [2.05, 4.69) is 20.4 Å². The van der Waals surface area contributed by atoms with Crippen LogP contribution in [-0.2, 0) is 15.2 Å². The number of aromatic hydroxyl groups is 1. The van der Waals surface area contributed by atoms with Crippen molar-refractivity contribution in [1.82, 2.24) is 0 Å². The van der Waals surface area contributed by atoms with Gasteiger partial charge in [0.1, 0.15) is 37.4 Å². The molecule has 0 aliphatic carbocycles. The third-order valence-corrected chi connectivity index (χ3v) is 4.14. The van der Waals surface area contributed by atoms with Crippen LogP contribution in [0.3, 0.4) is 0 Å². The van der Waals surface area contributed by atoms with E-state index in [9.17, 15) is 10.2 Å². The molecule has 0 aliphatic rings. The number of benzene rings is 2. The van der Waals surface area contributed by atoms with E-state index in [4.69, 9.17) is 14.5 Å². The van der Waals surface area contributed by atoms with Crippen LogP contribution in [0, 0.1) is 0 Å². The van der Waals surface area contributed by atoms with Gasteiger partial charge in [-0.25, -0.2) is 9.78 Å². The van der Waals surface area contributed by atoms with Gasteiger partial charge in [0.05, 0.1) is 0 Å². The fourth-order valence-corrected chi connectivity index (χ4v) is 2.48. The Labute approximate surface area is 154 Å². The second kappa shape index (κ2) is 9.38. The molecule has 2 aromatic carbocycles. The highest BCUT2D eigenvalue weighted by atomic mass is 17.2. The van der Waals surface area contributed by atoms with Crippen LogP contribution in [0.2, 0.25) is 0 Å². The minimum absolute atomic E-state index is 0.0276. The first-order valence-electron chi connectivity index (χ1n) is 8.49. The molecule has 5 heteroatoms. The molecule has 1 atom stereocenters. The molecule has 1 unspecified atom stereocenters. The first kappa shape index (κ1) is 20.0. The highest BCUT2D eigenvalue weighted by molar-refractivity contribution is 5.41. The topological polar surface area (TPSA) is 68.2 Å². The second-order valence-corrected chi connectivity index (χ2v) is 6.52. The van der Waals surface area contributed by atoms with Crippen molar-refractivity contribution in [3.63, 3.8) is 0 Å². The normalized spacial score (nSPS) is 12.6. The number of phenolic OH excluding ortho intramolecular Hbond substituents is 1. The molecular weight excluding hydrogens is 332 g/mol. The Balaban J connectivity index is 1.91. The highest BCUT2D eigenvalue weighted by Gasteiger charge is 2.23. The maximum atomic E-state index is 9.79. The quantitative estimate of drug-likeness (QED) is 0.294. The Morgan fingerprint density at radius 1 is 0.962 bits per heavy atom. The lowest BCUT2D eigenvalue weighted by molar-refractivity contribution is -0.298. The fourth-order valence-electron chi connectivity index (χ4n) is 2.48. The molecule has 140 valence electrons. The average molecular weight is 358 g/mol. The van der Waals surface area contributed by atoms with E-state index in [-0.39, 0.29) is 31.0 Å². The van der Waals surface area contributed by atoms with Crippen LogP contribution in [0.25, 0.3) is 0 Å². The molecule has 2 N–H and O–H groups in total. The number of phenols is 1. The summed E-state index contributed by atoms with van der Waals surface area (Å²) in [7, 11) is 0. The third-order valence-electron chi connectivity index (χ3n) is 4.14. The molecule has 5 nitrogen and oxygen atoms in total. The summed E-state index contributed by atoms with van der Waals surface area (Å²) in [4.78, 5) is 9.59. The van der Waals surface area contributed by atoms with Crippen molar-refractivity contribution in [2.45, 2.75) is 25.4 Å². The van der Waals surface area contributed by atoms with Gasteiger partial charge < -0.3 is 14.9 Å². The number of hydrogen-bond donors (Lipinski definition) is 2. The summed E-state index contributed by atoms with van der Waals surface area (Å²) < 4.78 is 5.58. The molecule has 0 radical (unpaired) electrons. The first-order chi connectivity index (χ1) is 12.4. The summed E-state index contributed by atoms with van der Waals surface area (Å²) in [5.74, 6) is 0.923. The van der Waals surface area contributed by atoms with Crippen LogP contribution < -0.4 is 4.74 Å². The monoisotopic (exact) mass is 358 g/mol. The van der Waals surface area contributed by atoms with Gasteiger partial charge in [-0.05, 0) is 35.4 Å². The fraction of sp³-hybridized carbons (Fsp3) is 0.333. The van der Waals surface area contributed by atoms with E-state index >= 15 is 0 Å². The Bertz CT molecular complexity index is 677. The summed E-state index contributed by atoms with van der Waals surface area (Å²) in [6.07, 6.45) is 0.775. The number of aliphatic hydroxyl groups is 1. The molecule has 26 heavy (non-hydrogen) atoms. The van der Waals surface area contributed by atoms with Gasteiger partial charge in [0.15, 0.2) is 0 Å². The SMILES string of the molecule is C=CCOOCC(O)COc1ccc(C(C)(C)c2ccc(O)cc2)cc1. The lowest BCUT2D eigenvalue weighted by Gasteiger charge is -2.26. The summed E-state index contributed by atoms with van der Waals surface area (Å²) in [6.45, 7) is 8.15. The molecule has 2 aromatic rings. The maximum Gasteiger partial charge on any atom is 0.119 e. The summed E-state index contributed by atoms with van der Waals surface area (Å²) in [5.41, 5.74) is 2.02. The van der Waals surface area contributed by atoms with Crippen LogP contribution in [0.1, 0.15) is 25.0 Å². The average Bonchev–Trinajstić information content (AvgIpc) is 2.64. The van der Waals surface area contributed by atoms with Crippen molar-refractivity contribution in [3.8, 4) is 11.5 Å². The number of aliphatic hydroxyl groups excluding tert-OH is 1. The first-order valence-corrected chi connectivity index (χ1v) is 8.49. The van der Waals surface area contributed by atoms with Crippen LogP contribution in [0.4, 0.5) is 0 Å². The van der Waals surface area contributed by atoms with E-state index < -0.39 is 6.10 Å². The number of ether oxygens (including phenoxy) is 1. The van der Waals surface area contributed by atoms with Gasteiger partial charge in [-0.3, -0.25) is 0 Å². The van der Waals surface area contributed by atoms with Gasteiger partial charge in [0.2, 0.25) is 0 Å². The van der Waals surface area contributed by atoms with E-state index in [0.29, 0.717) is 5.75 Å². The lowest BCUT2D eigenvalue weighted by Crippen LogP contribution is -2.23. The van der Waals surface area contributed by atoms with Crippen molar-refractivity contribution < 1.29 is 24.7 Å². The smallest absolute Gasteiger partial charge is 0.119 e. The zero-order valence-electron chi connectivity index (χ0n) is 15.2. The number of hydrogen-bond acceptors (Lipinski definition) is 5. The molecule has 0 aliphatic heterocycles. The van der Waals surface area contributed by atoms with Crippen molar-refractivity contribution in [2.24, 2.45) is 0 Å². The summed E-state index contributed by atoms with van der Waals surface area (Å²) >= 11 is 0. The highest BCUT2D eigenvalue weighted by Crippen LogP contribution is 2.33. The molecule has 0 aromatic heterocycles. The summed E-state index contributed by atoms with van der Waals surface area (Å²) in [6, 6.07) is 15.0. The minimum Gasteiger partial charge on any atom is -0.508 e. The zero-order valence-corrected chi connectivity index (χ0v) is 15.2. The molecule has 0 saturated carbocycles. The van der Waals surface area contributed by atoms with E-state index in [1.807, 2.05) is 36.4 Å². The van der Waals surface area contributed by atoms with Gasteiger partial charge in [-0.2, -0.15) is 0 Å². The van der Waals surface area contributed by atoms with Gasteiger partial charge >= 0.3 is 0 Å². The second-order valence-electron chi connectivity index (χ2n) is 6.52. The van der Waals surface area contributed by atoms with Crippen molar-refractivity contribution in [3.05, 3.63) is 72.3 Å². The molecule has 0 saturated heterocycles. The predicted octanol–water partition coefficient (Wildman–Crippen LogP) is 3.59. The van der Waals surface area contributed by atoms with E-state index in [0.717, 1.165) is 11.1 Å². The third kappa shape index (κ3) is 5.59. The molecule has 2 rings (SSSR count).